The van der Waals surface area contributed by atoms with Crippen molar-refractivity contribution in [3.8, 4) is 0 Å². The van der Waals surface area contributed by atoms with Crippen molar-refractivity contribution < 1.29 is 0 Å². The van der Waals surface area contributed by atoms with Gasteiger partial charge < -0.3 is 4.57 Å². The molecule has 0 aliphatic rings. The zero-order valence-corrected chi connectivity index (χ0v) is 13.1. The maximum absolute atomic E-state index is 6.03. The van der Waals surface area contributed by atoms with Gasteiger partial charge in [-0.15, -0.1) is 0 Å². The second-order valence-electron chi connectivity index (χ2n) is 4.48. The van der Waals surface area contributed by atoms with Crippen molar-refractivity contribution >= 4 is 46.0 Å². The lowest BCUT2D eigenvalue weighted by Crippen LogP contribution is -1.91. The summed E-state index contributed by atoms with van der Waals surface area (Å²) in [5.41, 5.74) is 3.30. The van der Waals surface area contributed by atoms with Crippen LogP contribution in [0.1, 0.15) is 5.56 Å². The Hall–Kier alpha value is -1.16. The number of halogens is 2. The fourth-order valence-corrected chi connectivity index (χ4v) is 3.28. The molecule has 2 nitrogen and oxygen atoms in total. The van der Waals surface area contributed by atoms with E-state index in [9.17, 15) is 0 Å². The van der Waals surface area contributed by atoms with Crippen molar-refractivity contribution in [3.05, 3.63) is 58.1 Å². The van der Waals surface area contributed by atoms with Gasteiger partial charge in [-0.05, 0) is 29.8 Å². The second kappa shape index (κ2) is 5.68. The Bertz CT molecular complexity index is 768. The molecule has 0 aliphatic carbocycles. The van der Waals surface area contributed by atoms with E-state index in [0.717, 1.165) is 27.5 Å². The molecule has 3 aromatic rings. The Labute approximate surface area is 131 Å². The molecule has 0 spiro atoms. The first-order valence-electron chi connectivity index (χ1n) is 6.13. The predicted molar refractivity (Wildman–Crippen MR) is 86.7 cm³/mol. The number of para-hydroxylation sites is 2. The number of rotatable bonds is 3. The first-order chi connectivity index (χ1) is 9.65. The number of fused-ring (bicyclic) bond motifs is 1. The van der Waals surface area contributed by atoms with E-state index < -0.39 is 0 Å². The van der Waals surface area contributed by atoms with Crippen LogP contribution in [0.15, 0.2) is 47.6 Å². The molecular weight excluding hydrogens is 311 g/mol. The van der Waals surface area contributed by atoms with Gasteiger partial charge in [-0.3, -0.25) is 0 Å². The van der Waals surface area contributed by atoms with Crippen molar-refractivity contribution in [1.82, 2.24) is 9.55 Å². The largest absolute Gasteiger partial charge is 0.322 e. The topological polar surface area (TPSA) is 17.8 Å². The number of thioether (sulfide) groups is 1. The standard InChI is InChI=1S/C15H12Cl2N2S/c1-19-14-5-3-2-4-13(14)18-15(19)20-9-10-6-7-11(16)12(17)8-10/h2-8H,9H2,1H3. The molecule has 1 heterocycles. The molecule has 0 saturated carbocycles. The molecule has 0 atom stereocenters. The van der Waals surface area contributed by atoms with Gasteiger partial charge in [0.15, 0.2) is 5.16 Å². The zero-order valence-electron chi connectivity index (χ0n) is 10.8. The molecule has 0 saturated heterocycles. The maximum atomic E-state index is 6.03. The smallest absolute Gasteiger partial charge is 0.169 e. The zero-order chi connectivity index (χ0) is 14.1. The fraction of sp³-hybridized carbons (Fsp3) is 0.133. The summed E-state index contributed by atoms with van der Waals surface area (Å²) >= 11 is 13.6. The number of benzene rings is 2. The lowest BCUT2D eigenvalue weighted by molar-refractivity contribution is 0.815. The molecular formula is C15H12Cl2N2S. The van der Waals surface area contributed by atoms with E-state index in [0.29, 0.717) is 10.0 Å². The third kappa shape index (κ3) is 2.66. The number of aryl methyl sites for hydroxylation is 1. The van der Waals surface area contributed by atoms with Crippen LogP contribution in [0.5, 0.6) is 0 Å². The van der Waals surface area contributed by atoms with Crippen molar-refractivity contribution in [2.45, 2.75) is 10.9 Å². The molecule has 5 heteroatoms. The Morgan fingerprint density at radius 1 is 1.10 bits per heavy atom. The van der Waals surface area contributed by atoms with E-state index in [1.165, 1.54) is 0 Å². The van der Waals surface area contributed by atoms with Crippen LogP contribution in [-0.4, -0.2) is 9.55 Å². The molecule has 0 fully saturated rings. The summed E-state index contributed by atoms with van der Waals surface area (Å²) in [6.45, 7) is 0. The lowest BCUT2D eigenvalue weighted by Gasteiger charge is -2.04. The lowest BCUT2D eigenvalue weighted by atomic mass is 10.2. The summed E-state index contributed by atoms with van der Waals surface area (Å²) in [6.07, 6.45) is 0. The molecule has 0 N–H and O–H groups in total. The van der Waals surface area contributed by atoms with Gasteiger partial charge in [0.25, 0.3) is 0 Å². The van der Waals surface area contributed by atoms with E-state index in [1.807, 2.05) is 43.4 Å². The van der Waals surface area contributed by atoms with Crippen LogP contribution in [0.3, 0.4) is 0 Å². The third-order valence-electron chi connectivity index (χ3n) is 3.10. The molecule has 0 aliphatic heterocycles. The first-order valence-corrected chi connectivity index (χ1v) is 7.87. The van der Waals surface area contributed by atoms with Crippen LogP contribution < -0.4 is 0 Å². The van der Waals surface area contributed by atoms with Crippen LogP contribution in [0.2, 0.25) is 10.0 Å². The van der Waals surface area contributed by atoms with E-state index in [4.69, 9.17) is 23.2 Å². The normalized spacial score (nSPS) is 11.2. The SMILES string of the molecule is Cn1c(SCc2ccc(Cl)c(Cl)c2)nc2ccccc21. The quantitative estimate of drug-likeness (QED) is 0.619. The molecule has 3 rings (SSSR count). The van der Waals surface area contributed by atoms with Gasteiger partial charge in [-0.25, -0.2) is 4.98 Å². The first kappa shape index (κ1) is 13.8. The van der Waals surface area contributed by atoms with Gasteiger partial charge >= 0.3 is 0 Å². The predicted octanol–water partition coefficient (Wildman–Crippen LogP) is 5.17. The molecule has 0 bridgehead atoms. The number of hydrogen-bond acceptors (Lipinski definition) is 2. The summed E-state index contributed by atoms with van der Waals surface area (Å²) in [4.78, 5) is 4.63. The molecule has 0 unspecified atom stereocenters. The van der Waals surface area contributed by atoms with E-state index >= 15 is 0 Å². The van der Waals surface area contributed by atoms with Gasteiger partial charge in [-0.2, -0.15) is 0 Å². The average Bonchev–Trinajstić information content (AvgIpc) is 2.77. The highest BCUT2D eigenvalue weighted by molar-refractivity contribution is 7.98. The highest BCUT2D eigenvalue weighted by atomic mass is 35.5. The minimum atomic E-state index is 0.586. The summed E-state index contributed by atoms with van der Waals surface area (Å²) in [6, 6.07) is 13.8. The second-order valence-corrected chi connectivity index (χ2v) is 6.24. The van der Waals surface area contributed by atoms with Gasteiger partial charge in [0, 0.05) is 12.8 Å². The molecule has 0 radical (unpaired) electrons. The van der Waals surface area contributed by atoms with Crippen molar-refractivity contribution in [2.75, 3.05) is 0 Å². The Morgan fingerprint density at radius 3 is 2.65 bits per heavy atom. The number of aromatic nitrogens is 2. The molecule has 102 valence electrons. The van der Waals surface area contributed by atoms with E-state index in [1.54, 1.807) is 11.8 Å². The highest BCUT2D eigenvalue weighted by Gasteiger charge is 2.08. The summed E-state index contributed by atoms with van der Waals surface area (Å²) in [7, 11) is 2.03. The van der Waals surface area contributed by atoms with E-state index in [2.05, 4.69) is 15.6 Å². The fourth-order valence-electron chi connectivity index (χ4n) is 2.03. The molecule has 2 aromatic carbocycles. The monoisotopic (exact) mass is 322 g/mol. The van der Waals surface area contributed by atoms with Crippen LogP contribution >= 0.6 is 35.0 Å². The minimum absolute atomic E-state index is 0.586. The molecule has 1 aromatic heterocycles. The molecule has 20 heavy (non-hydrogen) atoms. The Kier molecular flexibility index (Phi) is 3.92. The highest BCUT2D eigenvalue weighted by Crippen LogP contribution is 2.28. The van der Waals surface area contributed by atoms with Crippen molar-refractivity contribution in [1.29, 1.82) is 0 Å². The number of imidazole rings is 1. The maximum Gasteiger partial charge on any atom is 0.169 e. The van der Waals surface area contributed by atoms with Crippen molar-refractivity contribution in [2.24, 2.45) is 7.05 Å². The van der Waals surface area contributed by atoms with Crippen LogP contribution in [-0.2, 0) is 12.8 Å². The number of hydrogen-bond donors (Lipinski definition) is 0. The van der Waals surface area contributed by atoms with Crippen LogP contribution in [0.25, 0.3) is 11.0 Å². The van der Waals surface area contributed by atoms with Gasteiger partial charge in [0.2, 0.25) is 0 Å². The van der Waals surface area contributed by atoms with Gasteiger partial charge in [0.1, 0.15) is 0 Å². The van der Waals surface area contributed by atoms with Crippen LogP contribution in [0, 0.1) is 0 Å². The molecule has 0 amide bonds. The summed E-state index contributed by atoms with van der Waals surface area (Å²) < 4.78 is 2.11. The van der Waals surface area contributed by atoms with Gasteiger partial charge in [-0.1, -0.05) is 53.2 Å². The Balaban J connectivity index is 1.83. The van der Waals surface area contributed by atoms with Crippen molar-refractivity contribution in [3.63, 3.8) is 0 Å². The average molecular weight is 323 g/mol. The van der Waals surface area contributed by atoms with E-state index in [-0.39, 0.29) is 0 Å². The Morgan fingerprint density at radius 2 is 1.90 bits per heavy atom. The summed E-state index contributed by atoms with van der Waals surface area (Å²) in [5.74, 6) is 0.814. The number of nitrogens with zero attached hydrogens (tertiary/aromatic N) is 2. The van der Waals surface area contributed by atoms with Crippen LogP contribution in [0.4, 0.5) is 0 Å². The minimum Gasteiger partial charge on any atom is -0.322 e. The third-order valence-corrected chi connectivity index (χ3v) is 4.94. The summed E-state index contributed by atoms with van der Waals surface area (Å²) in [5, 5.41) is 2.18. The van der Waals surface area contributed by atoms with Gasteiger partial charge in [0.05, 0.1) is 21.1 Å².